The van der Waals surface area contributed by atoms with E-state index in [-0.39, 0.29) is 12.5 Å². The van der Waals surface area contributed by atoms with E-state index in [1.165, 1.54) is 96.3 Å². The summed E-state index contributed by atoms with van der Waals surface area (Å²) in [7, 11) is 0. The second-order valence-corrected chi connectivity index (χ2v) is 15.5. The fraction of sp³-hybridized carbons (Fsp3) is 0.804. The van der Waals surface area contributed by atoms with Crippen molar-refractivity contribution in [3.05, 3.63) is 48.6 Å². The number of carbonyl (C=O) groups is 1. The highest BCUT2D eigenvalue weighted by Crippen LogP contribution is 2.22. The van der Waals surface area contributed by atoms with E-state index in [2.05, 4.69) is 55.6 Å². The van der Waals surface area contributed by atoms with Crippen LogP contribution in [0.1, 0.15) is 181 Å². The quantitative estimate of drug-likeness (QED) is 0.0210. The number of amides is 1. The highest BCUT2D eigenvalue weighted by Gasteiger charge is 2.44. The topological polar surface area (TPSA) is 149 Å². The standard InChI is InChI=1S/C46H83NO8/c1-3-5-7-9-11-13-15-17-19-20-22-23-25-27-29-31-33-35-40(49)39(38-54-46-45(53)44(52)43(51)41(37-48)55-46)47-42(50)36-34-32-30-28-26-24-21-18-16-14-12-10-8-6-4-2/h12,14,16,18,25,27,33,35,39-41,43-46,48-49,51-53H,3-11,13,15,17,19-24,26,28-32,34,36-38H2,1-2H3,(H,47,50)/b14-12-,18-16-,27-25+,35-33+. The number of aliphatic hydroxyl groups excluding tert-OH is 5. The van der Waals surface area contributed by atoms with Crippen LogP contribution < -0.4 is 5.32 Å². The van der Waals surface area contributed by atoms with Crippen LogP contribution >= 0.6 is 0 Å². The zero-order chi connectivity index (χ0) is 40.2. The lowest BCUT2D eigenvalue weighted by atomic mass is 9.99. The van der Waals surface area contributed by atoms with Gasteiger partial charge in [0, 0.05) is 6.42 Å². The molecule has 320 valence electrons. The van der Waals surface area contributed by atoms with Crippen LogP contribution in [-0.4, -0.2) is 87.5 Å². The smallest absolute Gasteiger partial charge is 0.220 e. The van der Waals surface area contributed by atoms with Crippen LogP contribution in [0.5, 0.6) is 0 Å². The summed E-state index contributed by atoms with van der Waals surface area (Å²) in [5, 5.41) is 54.1. The van der Waals surface area contributed by atoms with Crippen molar-refractivity contribution >= 4 is 5.91 Å². The molecule has 0 radical (unpaired) electrons. The van der Waals surface area contributed by atoms with Gasteiger partial charge in [-0.2, -0.15) is 0 Å². The van der Waals surface area contributed by atoms with Crippen LogP contribution in [0.15, 0.2) is 48.6 Å². The zero-order valence-corrected chi connectivity index (χ0v) is 34.9. The highest BCUT2D eigenvalue weighted by molar-refractivity contribution is 5.76. The van der Waals surface area contributed by atoms with Crippen molar-refractivity contribution in [2.75, 3.05) is 13.2 Å². The van der Waals surface area contributed by atoms with E-state index in [1.807, 2.05) is 6.08 Å². The van der Waals surface area contributed by atoms with Crippen LogP contribution in [0.25, 0.3) is 0 Å². The summed E-state index contributed by atoms with van der Waals surface area (Å²) in [6.07, 6.45) is 38.6. The van der Waals surface area contributed by atoms with Gasteiger partial charge < -0.3 is 40.3 Å². The van der Waals surface area contributed by atoms with Crippen molar-refractivity contribution in [1.82, 2.24) is 5.32 Å². The molecule has 7 atom stereocenters. The first-order valence-corrected chi connectivity index (χ1v) is 22.4. The minimum absolute atomic E-state index is 0.201. The first kappa shape index (κ1) is 51.2. The Bertz CT molecular complexity index is 998. The Hall–Kier alpha value is -1.85. The summed E-state index contributed by atoms with van der Waals surface area (Å²) in [5.74, 6) is -0.201. The van der Waals surface area contributed by atoms with Crippen molar-refractivity contribution in [2.45, 2.75) is 224 Å². The molecule has 0 saturated carbocycles. The molecule has 1 saturated heterocycles. The minimum Gasteiger partial charge on any atom is -0.394 e. The predicted octanol–water partition coefficient (Wildman–Crippen LogP) is 9.06. The van der Waals surface area contributed by atoms with Gasteiger partial charge >= 0.3 is 0 Å². The van der Waals surface area contributed by atoms with Crippen LogP contribution in [0.3, 0.4) is 0 Å². The van der Waals surface area contributed by atoms with Gasteiger partial charge in [-0.15, -0.1) is 0 Å². The normalized spacial score (nSPS) is 21.8. The molecule has 6 N–H and O–H groups in total. The van der Waals surface area contributed by atoms with Gasteiger partial charge in [-0.25, -0.2) is 0 Å². The average Bonchev–Trinajstić information content (AvgIpc) is 3.18. The third-order valence-electron chi connectivity index (χ3n) is 10.4. The van der Waals surface area contributed by atoms with E-state index < -0.39 is 49.5 Å². The summed E-state index contributed by atoms with van der Waals surface area (Å²) >= 11 is 0. The lowest BCUT2D eigenvalue weighted by molar-refractivity contribution is -0.302. The molecule has 1 rings (SSSR count). The molecule has 1 fully saturated rings. The number of unbranched alkanes of at least 4 members (excludes halogenated alkanes) is 21. The molecule has 0 bridgehead atoms. The van der Waals surface area contributed by atoms with Gasteiger partial charge in [-0.1, -0.05) is 165 Å². The monoisotopic (exact) mass is 778 g/mol. The number of rotatable bonds is 36. The Kier molecular flexibility index (Phi) is 33.9. The molecule has 0 spiro atoms. The van der Waals surface area contributed by atoms with Gasteiger partial charge in [-0.3, -0.25) is 4.79 Å². The third-order valence-corrected chi connectivity index (χ3v) is 10.4. The first-order chi connectivity index (χ1) is 26.8. The van der Waals surface area contributed by atoms with Crippen LogP contribution in [-0.2, 0) is 14.3 Å². The second-order valence-electron chi connectivity index (χ2n) is 15.5. The molecular formula is C46H83NO8. The van der Waals surface area contributed by atoms with Crippen molar-refractivity contribution in [1.29, 1.82) is 0 Å². The van der Waals surface area contributed by atoms with E-state index in [0.29, 0.717) is 6.42 Å². The van der Waals surface area contributed by atoms with E-state index >= 15 is 0 Å². The Morgan fingerprint density at radius 3 is 1.67 bits per heavy atom. The Labute approximate surface area is 335 Å². The summed E-state index contributed by atoms with van der Waals surface area (Å²) < 4.78 is 11.2. The SMILES string of the molecule is CCCCC/C=C\C=C/CCCCCCCCC(=O)NC(COC1OC(CO)C(O)C(O)C1O)C(O)/C=C/CC/C=C/CCCCCCCCCCCCC. The Balaban J connectivity index is 2.42. The van der Waals surface area contributed by atoms with E-state index in [1.54, 1.807) is 6.08 Å². The van der Waals surface area contributed by atoms with Gasteiger partial charge in [0.1, 0.15) is 24.4 Å². The number of nitrogens with one attached hydrogen (secondary N) is 1. The van der Waals surface area contributed by atoms with Crippen LogP contribution in [0.2, 0.25) is 0 Å². The molecule has 55 heavy (non-hydrogen) atoms. The molecule has 1 heterocycles. The fourth-order valence-corrected chi connectivity index (χ4v) is 6.75. The van der Waals surface area contributed by atoms with Crippen molar-refractivity contribution in [3.8, 4) is 0 Å². The molecule has 0 aromatic carbocycles. The fourth-order valence-electron chi connectivity index (χ4n) is 6.75. The molecule has 1 aliphatic heterocycles. The minimum atomic E-state index is -1.57. The van der Waals surface area contributed by atoms with Crippen molar-refractivity contribution < 1.29 is 39.8 Å². The Morgan fingerprint density at radius 1 is 0.618 bits per heavy atom. The molecule has 0 aliphatic carbocycles. The molecule has 0 aromatic heterocycles. The van der Waals surface area contributed by atoms with Gasteiger partial charge in [0.05, 0.1) is 25.4 Å². The molecule has 1 aliphatic rings. The van der Waals surface area contributed by atoms with E-state index in [4.69, 9.17) is 9.47 Å². The van der Waals surface area contributed by atoms with Crippen LogP contribution in [0.4, 0.5) is 0 Å². The first-order valence-electron chi connectivity index (χ1n) is 22.4. The van der Waals surface area contributed by atoms with E-state index in [0.717, 1.165) is 64.2 Å². The molecular weight excluding hydrogens is 695 g/mol. The van der Waals surface area contributed by atoms with Gasteiger partial charge in [0.2, 0.25) is 5.91 Å². The summed E-state index contributed by atoms with van der Waals surface area (Å²) in [6.45, 7) is 3.71. The highest BCUT2D eigenvalue weighted by atomic mass is 16.7. The number of hydrogen-bond donors (Lipinski definition) is 6. The molecule has 7 unspecified atom stereocenters. The van der Waals surface area contributed by atoms with Gasteiger partial charge in [0.15, 0.2) is 6.29 Å². The second kappa shape index (κ2) is 36.5. The maximum absolute atomic E-state index is 12.9. The lowest BCUT2D eigenvalue weighted by Crippen LogP contribution is -2.60. The summed E-state index contributed by atoms with van der Waals surface area (Å²) in [5.41, 5.74) is 0. The van der Waals surface area contributed by atoms with Crippen LogP contribution in [0, 0.1) is 0 Å². The summed E-state index contributed by atoms with van der Waals surface area (Å²) in [6, 6.07) is -0.827. The lowest BCUT2D eigenvalue weighted by Gasteiger charge is -2.40. The average molecular weight is 778 g/mol. The molecule has 9 heteroatoms. The van der Waals surface area contributed by atoms with Crippen molar-refractivity contribution in [3.63, 3.8) is 0 Å². The largest absolute Gasteiger partial charge is 0.394 e. The Morgan fingerprint density at radius 2 is 1.09 bits per heavy atom. The van der Waals surface area contributed by atoms with E-state index in [9.17, 15) is 30.3 Å². The third kappa shape index (κ3) is 27.4. The molecule has 9 nitrogen and oxygen atoms in total. The number of aliphatic hydroxyl groups is 5. The maximum Gasteiger partial charge on any atom is 0.220 e. The molecule has 1 amide bonds. The predicted molar refractivity (Wildman–Crippen MR) is 226 cm³/mol. The number of ether oxygens (including phenoxy) is 2. The maximum atomic E-state index is 12.9. The number of hydrogen-bond acceptors (Lipinski definition) is 8. The number of allylic oxidation sites excluding steroid dienone is 7. The zero-order valence-electron chi connectivity index (χ0n) is 34.9. The van der Waals surface area contributed by atoms with Gasteiger partial charge in [-0.05, 0) is 57.8 Å². The molecule has 0 aromatic rings. The van der Waals surface area contributed by atoms with Gasteiger partial charge in [0.25, 0.3) is 0 Å². The number of carbonyl (C=O) groups excluding carboxylic acids is 1. The van der Waals surface area contributed by atoms with Crippen molar-refractivity contribution in [2.24, 2.45) is 0 Å². The summed E-state index contributed by atoms with van der Waals surface area (Å²) in [4.78, 5) is 12.9.